The number of Topliss-reactive ketones (excluding diaryl/α,β-unsaturated/α-hetero) is 1. The summed E-state index contributed by atoms with van der Waals surface area (Å²) in [4.78, 5) is 24.2. The predicted octanol–water partition coefficient (Wildman–Crippen LogP) is 5.36. The number of rotatable bonds is 4. The fourth-order valence-electron chi connectivity index (χ4n) is 4.03. The van der Waals surface area contributed by atoms with Gasteiger partial charge in [0.05, 0.1) is 14.7 Å². The number of thiophene rings is 1. The Morgan fingerprint density at radius 1 is 1.26 bits per heavy atom. The fourth-order valence-corrected chi connectivity index (χ4v) is 5.50. The van der Waals surface area contributed by atoms with Gasteiger partial charge >= 0.3 is 0 Å². The highest BCUT2D eigenvalue weighted by molar-refractivity contribution is 9.10. The minimum absolute atomic E-state index is 0.0300. The number of hydrogen-bond acceptors (Lipinski definition) is 5. The third kappa shape index (κ3) is 3.92. The summed E-state index contributed by atoms with van der Waals surface area (Å²) in [5.74, 6) is 1.35. The lowest BCUT2D eigenvalue weighted by Gasteiger charge is -2.37. The van der Waals surface area contributed by atoms with E-state index < -0.39 is 0 Å². The number of pyridine rings is 2. The van der Waals surface area contributed by atoms with Crippen molar-refractivity contribution in [3.05, 3.63) is 51.7 Å². The molecule has 0 N–H and O–H groups in total. The largest absolute Gasteiger partial charge is 0.371 e. The monoisotopic (exact) mass is 443 g/mol. The van der Waals surface area contributed by atoms with E-state index in [-0.39, 0.29) is 5.78 Å². The number of carbonyl (C=O) groups is 1. The first-order valence-corrected chi connectivity index (χ1v) is 10.9. The first kappa shape index (κ1) is 18.6. The number of piperidine rings is 1. The van der Waals surface area contributed by atoms with E-state index in [1.807, 2.05) is 36.0 Å². The van der Waals surface area contributed by atoms with Crippen LogP contribution in [0, 0.1) is 11.8 Å². The second kappa shape index (κ2) is 7.68. The molecule has 140 valence electrons. The number of carbonyl (C=O) groups excluding carboxylic acids is 1. The Kier molecular flexibility index (Phi) is 5.28. The van der Waals surface area contributed by atoms with Crippen LogP contribution in [-0.2, 0) is 6.42 Å². The molecule has 1 aliphatic rings. The van der Waals surface area contributed by atoms with Gasteiger partial charge in [0.25, 0.3) is 0 Å². The molecule has 1 aliphatic heterocycles. The molecule has 2 atom stereocenters. The quantitative estimate of drug-likeness (QED) is 0.508. The van der Waals surface area contributed by atoms with Crippen LogP contribution in [0.1, 0.15) is 36.3 Å². The molecule has 6 heteroatoms. The van der Waals surface area contributed by atoms with Gasteiger partial charge in [-0.2, -0.15) is 0 Å². The van der Waals surface area contributed by atoms with Gasteiger partial charge in [-0.25, -0.2) is 4.98 Å². The van der Waals surface area contributed by atoms with Gasteiger partial charge in [-0.15, -0.1) is 11.3 Å². The molecule has 0 bridgehead atoms. The summed E-state index contributed by atoms with van der Waals surface area (Å²) < 4.78 is 2.02. The summed E-state index contributed by atoms with van der Waals surface area (Å²) in [5.41, 5.74) is 3.48. The van der Waals surface area contributed by atoms with Crippen molar-refractivity contribution in [3.8, 4) is 0 Å². The molecule has 0 amide bonds. The zero-order chi connectivity index (χ0) is 19.0. The predicted molar refractivity (Wildman–Crippen MR) is 115 cm³/mol. The lowest BCUT2D eigenvalue weighted by Crippen LogP contribution is -2.39. The highest BCUT2D eigenvalue weighted by atomic mass is 79.9. The molecular formula is C21H22BrN3OS. The number of hydrogen-bond donors (Lipinski definition) is 0. The van der Waals surface area contributed by atoms with Gasteiger partial charge in [0, 0.05) is 48.5 Å². The van der Waals surface area contributed by atoms with Crippen LogP contribution in [0.2, 0.25) is 0 Å². The normalized spacial score (nSPS) is 20.2. The summed E-state index contributed by atoms with van der Waals surface area (Å²) in [6.45, 7) is 6.66. The summed E-state index contributed by atoms with van der Waals surface area (Å²) in [7, 11) is 0. The summed E-state index contributed by atoms with van der Waals surface area (Å²) in [6, 6.07) is 5.84. The molecule has 0 spiro atoms. The van der Waals surface area contributed by atoms with Crippen molar-refractivity contribution in [2.75, 3.05) is 18.0 Å². The van der Waals surface area contributed by atoms with Gasteiger partial charge in [-0.05, 0) is 52.4 Å². The van der Waals surface area contributed by atoms with E-state index in [2.05, 4.69) is 44.6 Å². The molecule has 4 heterocycles. The van der Waals surface area contributed by atoms with E-state index in [4.69, 9.17) is 0 Å². The van der Waals surface area contributed by atoms with Crippen molar-refractivity contribution in [2.45, 2.75) is 26.7 Å². The van der Waals surface area contributed by atoms with E-state index in [0.717, 1.165) is 39.0 Å². The van der Waals surface area contributed by atoms with E-state index in [9.17, 15) is 4.79 Å². The van der Waals surface area contributed by atoms with E-state index in [1.54, 1.807) is 11.3 Å². The van der Waals surface area contributed by atoms with Gasteiger partial charge in [-0.3, -0.25) is 9.78 Å². The summed E-state index contributed by atoms with van der Waals surface area (Å²) in [5, 5.41) is 2.00. The van der Waals surface area contributed by atoms with Gasteiger partial charge in [0.1, 0.15) is 5.69 Å². The maximum Gasteiger partial charge on any atom is 0.185 e. The third-order valence-corrected chi connectivity index (χ3v) is 6.94. The zero-order valence-electron chi connectivity index (χ0n) is 15.5. The van der Waals surface area contributed by atoms with Crippen molar-refractivity contribution in [3.63, 3.8) is 0 Å². The maximum atomic E-state index is 12.9. The molecule has 0 aliphatic carbocycles. The highest BCUT2D eigenvalue weighted by Gasteiger charge is 2.24. The summed E-state index contributed by atoms with van der Waals surface area (Å²) in [6.07, 6.45) is 5.23. The molecule has 4 nitrogen and oxygen atoms in total. The van der Waals surface area contributed by atoms with Crippen LogP contribution in [0.5, 0.6) is 0 Å². The molecular weight excluding hydrogens is 422 g/mol. The molecule has 3 aromatic rings. The van der Waals surface area contributed by atoms with Crippen LogP contribution in [0.3, 0.4) is 0 Å². The standard InChI is InChI=1S/C21H22BrN3OS/c1-13-7-14(2)11-25(10-13)18-5-6-23-9-15(18)8-19(26)17-3-4-20-21(24-17)16(22)12-27-20/h3-6,9,12-14H,7-8,10-11H2,1-2H3/t13-,14+. The minimum Gasteiger partial charge on any atom is -0.371 e. The maximum absolute atomic E-state index is 12.9. The Morgan fingerprint density at radius 3 is 2.81 bits per heavy atom. The van der Waals surface area contributed by atoms with E-state index in [0.29, 0.717) is 24.0 Å². The van der Waals surface area contributed by atoms with Crippen LogP contribution in [0.4, 0.5) is 5.69 Å². The van der Waals surface area contributed by atoms with Crippen molar-refractivity contribution in [2.24, 2.45) is 11.8 Å². The zero-order valence-corrected chi connectivity index (χ0v) is 17.9. The van der Waals surface area contributed by atoms with Gasteiger partial charge < -0.3 is 4.90 Å². The number of nitrogens with zero attached hydrogens (tertiary/aromatic N) is 3. The second-order valence-electron chi connectivity index (χ2n) is 7.58. The molecule has 1 saturated heterocycles. The van der Waals surface area contributed by atoms with Gasteiger partial charge in [0.15, 0.2) is 5.78 Å². The molecule has 0 saturated carbocycles. The molecule has 0 aromatic carbocycles. The number of aromatic nitrogens is 2. The van der Waals surface area contributed by atoms with Gasteiger partial charge in [-0.1, -0.05) is 13.8 Å². The van der Waals surface area contributed by atoms with Crippen LogP contribution in [0.15, 0.2) is 40.4 Å². The Balaban J connectivity index is 1.60. The van der Waals surface area contributed by atoms with Crippen molar-refractivity contribution in [1.29, 1.82) is 0 Å². The number of ketones is 1. The molecule has 0 radical (unpaired) electrons. The van der Waals surface area contributed by atoms with E-state index in [1.165, 1.54) is 6.42 Å². The van der Waals surface area contributed by atoms with Crippen molar-refractivity contribution in [1.82, 2.24) is 9.97 Å². The first-order valence-electron chi connectivity index (χ1n) is 9.26. The number of halogens is 1. The Hall–Kier alpha value is -1.79. The third-order valence-electron chi connectivity index (χ3n) is 5.10. The SMILES string of the molecule is C[C@@H]1C[C@H](C)CN(c2ccncc2CC(=O)c2ccc3scc(Br)c3n2)C1. The average molecular weight is 444 g/mol. The van der Waals surface area contributed by atoms with E-state index >= 15 is 0 Å². The molecule has 0 unspecified atom stereocenters. The van der Waals surface area contributed by atoms with Crippen molar-refractivity contribution >= 4 is 49.0 Å². The smallest absolute Gasteiger partial charge is 0.185 e. The molecule has 4 rings (SSSR count). The topological polar surface area (TPSA) is 46.1 Å². The summed E-state index contributed by atoms with van der Waals surface area (Å²) >= 11 is 5.13. The number of fused-ring (bicyclic) bond motifs is 1. The fraction of sp³-hybridized carbons (Fsp3) is 0.381. The average Bonchev–Trinajstić information content (AvgIpc) is 3.02. The van der Waals surface area contributed by atoms with Crippen LogP contribution < -0.4 is 4.90 Å². The lowest BCUT2D eigenvalue weighted by molar-refractivity contribution is 0.0988. The molecule has 27 heavy (non-hydrogen) atoms. The van der Waals surface area contributed by atoms with Crippen LogP contribution in [-0.4, -0.2) is 28.8 Å². The van der Waals surface area contributed by atoms with Crippen molar-refractivity contribution < 1.29 is 4.79 Å². The first-order chi connectivity index (χ1) is 13.0. The van der Waals surface area contributed by atoms with Crippen LogP contribution in [0.25, 0.3) is 10.2 Å². The number of anilines is 1. The molecule has 3 aromatic heterocycles. The minimum atomic E-state index is 0.0300. The lowest BCUT2D eigenvalue weighted by atomic mass is 9.91. The highest BCUT2D eigenvalue weighted by Crippen LogP contribution is 2.31. The Bertz CT molecular complexity index is 976. The van der Waals surface area contributed by atoms with Gasteiger partial charge in [0.2, 0.25) is 0 Å². The Labute approximate surface area is 171 Å². The molecule has 1 fully saturated rings. The Morgan fingerprint density at radius 2 is 2.04 bits per heavy atom. The van der Waals surface area contributed by atoms with Crippen LogP contribution >= 0.6 is 27.3 Å². The second-order valence-corrected chi connectivity index (χ2v) is 9.35.